The monoisotopic (exact) mass is 361 g/mol. The fourth-order valence-corrected chi connectivity index (χ4v) is 2.53. The van der Waals surface area contributed by atoms with Gasteiger partial charge in [0.05, 0.1) is 6.04 Å². The number of hydrogen-bond donors (Lipinski definition) is 3. The van der Waals surface area contributed by atoms with Crippen LogP contribution in [0.25, 0.3) is 0 Å². The van der Waals surface area contributed by atoms with Crippen molar-refractivity contribution in [3.05, 3.63) is 35.9 Å². The molecule has 1 saturated heterocycles. The first kappa shape index (κ1) is 19.4. The van der Waals surface area contributed by atoms with Gasteiger partial charge in [-0.1, -0.05) is 44.2 Å². The van der Waals surface area contributed by atoms with Crippen LogP contribution in [0, 0.1) is 5.92 Å². The standard InChI is InChI=1S/C18H23N3O5/c1-11(2)14(16(23)20-13-8-9-19-17(24)15(13)22)21-18(25)26-10-12-6-4-3-5-7-12/h3-7,11,13-14H,8-10H2,1-2H3,(H,19,24)(H,20,23)(H,21,25). The van der Waals surface area contributed by atoms with E-state index in [0.717, 1.165) is 5.56 Å². The van der Waals surface area contributed by atoms with Crippen LogP contribution < -0.4 is 16.0 Å². The number of carbonyl (C=O) groups excluding carboxylic acids is 4. The van der Waals surface area contributed by atoms with E-state index < -0.39 is 35.8 Å². The molecule has 1 aromatic carbocycles. The van der Waals surface area contributed by atoms with Crippen molar-refractivity contribution in [2.45, 2.75) is 39.0 Å². The molecule has 0 aromatic heterocycles. The molecule has 0 radical (unpaired) electrons. The molecule has 1 aliphatic heterocycles. The Labute approximate surface area is 151 Å². The minimum atomic E-state index is -0.879. The number of Topliss-reactive ketones (excluding diaryl/α,β-unsaturated/α-hetero) is 1. The van der Waals surface area contributed by atoms with Gasteiger partial charge in [0, 0.05) is 6.54 Å². The topological polar surface area (TPSA) is 114 Å². The van der Waals surface area contributed by atoms with E-state index in [2.05, 4.69) is 16.0 Å². The van der Waals surface area contributed by atoms with Crippen LogP contribution in [-0.2, 0) is 25.7 Å². The average molecular weight is 361 g/mol. The number of carbonyl (C=O) groups is 4. The number of hydrogen-bond acceptors (Lipinski definition) is 5. The van der Waals surface area contributed by atoms with Crippen molar-refractivity contribution in [2.75, 3.05) is 6.54 Å². The lowest BCUT2D eigenvalue weighted by Gasteiger charge is -2.26. The highest BCUT2D eigenvalue weighted by Gasteiger charge is 2.33. The number of nitrogens with one attached hydrogen (secondary N) is 3. The lowest BCUT2D eigenvalue weighted by Crippen LogP contribution is -2.58. The Bertz CT molecular complexity index is 675. The summed E-state index contributed by atoms with van der Waals surface area (Å²) < 4.78 is 5.13. The molecule has 0 saturated carbocycles. The maximum Gasteiger partial charge on any atom is 0.408 e. The molecule has 140 valence electrons. The van der Waals surface area contributed by atoms with E-state index in [4.69, 9.17) is 4.74 Å². The fourth-order valence-electron chi connectivity index (χ4n) is 2.53. The number of amides is 3. The first-order chi connectivity index (χ1) is 12.4. The second kappa shape index (κ2) is 8.98. The molecule has 1 aliphatic rings. The molecule has 26 heavy (non-hydrogen) atoms. The summed E-state index contributed by atoms with van der Waals surface area (Å²) in [5.74, 6) is -2.15. The van der Waals surface area contributed by atoms with Gasteiger partial charge in [-0.2, -0.15) is 0 Å². The highest BCUT2D eigenvalue weighted by molar-refractivity contribution is 6.39. The smallest absolute Gasteiger partial charge is 0.408 e. The molecule has 1 heterocycles. The molecule has 2 atom stereocenters. The summed E-state index contributed by atoms with van der Waals surface area (Å²) >= 11 is 0. The van der Waals surface area contributed by atoms with E-state index in [-0.39, 0.29) is 12.5 Å². The van der Waals surface area contributed by atoms with Crippen LogP contribution in [0.5, 0.6) is 0 Å². The molecule has 0 aliphatic carbocycles. The average Bonchev–Trinajstić information content (AvgIpc) is 2.62. The predicted molar refractivity (Wildman–Crippen MR) is 93.0 cm³/mol. The lowest BCUT2D eigenvalue weighted by atomic mass is 10.0. The lowest BCUT2D eigenvalue weighted by molar-refractivity contribution is -0.142. The summed E-state index contributed by atoms with van der Waals surface area (Å²) in [6.45, 7) is 3.92. The van der Waals surface area contributed by atoms with Gasteiger partial charge < -0.3 is 20.7 Å². The van der Waals surface area contributed by atoms with Crippen molar-refractivity contribution in [1.82, 2.24) is 16.0 Å². The van der Waals surface area contributed by atoms with Crippen LogP contribution in [0.3, 0.4) is 0 Å². The van der Waals surface area contributed by atoms with E-state index >= 15 is 0 Å². The summed E-state index contributed by atoms with van der Waals surface area (Å²) in [6.07, 6.45) is -0.407. The van der Waals surface area contributed by atoms with Crippen LogP contribution in [0.2, 0.25) is 0 Å². The molecule has 8 nitrogen and oxygen atoms in total. The summed E-state index contributed by atoms with van der Waals surface area (Å²) in [5.41, 5.74) is 0.826. The van der Waals surface area contributed by atoms with Gasteiger partial charge in [0.15, 0.2) is 0 Å². The predicted octanol–water partition coefficient (Wildman–Crippen LogP) is 0.511. The second-order valence-electron chi connectivity index (χ2n) is 6.40. The van der Waals surface area contributed by atoms with Crippen molar-refractivity contribution in [3.8, 4) is 0 Å². The third-order valence-electron chi connectivity index (χ3n) is 4.01. The fraction of sp³-hybridized carbons (Fsp3) is 0.444. The summed E-state index contributed by atoms with van der Waals surface area (Å²) in [5, 5.41) is 7.48. The molecular weight excluding hydrogens is 338 g/mol. The van der Waals surface area contributed by atoms with Crippen LogP contribution in [0.1, 0.15) is 25.8 Å². The van der Waals surface area contributed by atoms with Crippen molar-refractivity contribution in [1.29, 1.82) is 0 Å². The highest BCUT2D eigenvalue weighted by atomic mass is 16.5. The van der Waals surface area contributed by atoms with Gasteiger partial charge >= 0.3 is 6.09 Å². The minimum Gasteiger partial charge on any atom is -0.445 e. The van der Waals surface area contributed by atoms with E-state index in [0.29, 0.717) is 13.0 Å². The van der Waals surface area contributed by atoms with Gasteiger partial charge in [0.25, 0.3) is 5.91 Å². The van der Waals surface area contributed by atoms with Crippen molar-refractivity contribution in [3.63, 3.8) is 0 Å². The quantitative estimate of drug-likeness (QED) is 0.639. The molecule has 1 aromatic rings. The largest absolute Gasteiger partial charge is 0.445 e. The second-order valence-corrected chi connectivity index (χ2v) is 6.40. The van der Waals surface area contributed by atoms with Crippen LogP contribution >= 0.6 is 0 Å². The normalized spacial score (nSPS) is 18.0. The highest BCUT2D eigenvalue weighted by Crippen LogP contribution is 2.07. The summed E-state index contributed by atoms with van der Waals surface area (Å²) in [6, 6.07) is 7.40. The van der Waals surface area contributed by atoms with Crippen molar-refractivity contribution < 1.29 is 23.9 Å². The summed E-state index contributed by atoms with van der Waals surface area (Å²) in [7, 11) is 0. The van der Waals surface area contributed by atoms with Crippen LogP contribution in [-0.4, -0.2) is 42.3 Å². The third kappa shape index (κ3) is 5.30. The SMILES string of the molecule is CC(C)C(NC(=O)OCc1ccccc1)C(=O)NC1CCNC(=O)C1=O. The Morgan fingerprint density at radius 1 is 1.23 bits per heavy atom. The first-order valence-electron chi connectivity index (χ1n) is 8.48. The van der Waals surface area contributed by atoms with E-state index in [1.807, 2.05) is 30.3 Å². The van der Waals surface area contributed by atoms with Crippen LogP contribution in [0.4, 0.5) is 4.79 Å². The number of alkyl carbamates (subject to hydrolysis) is 1. The van der Waals surface area contributed by atoms with Gasteiger partial charge in [0.1, 0.15) is 12.6 Å². The maximum atomic E-state index is 12.4. The third-order valence-corrected chi connectivity index (χ3v) is 4.01. The number of rotatable bonds is 6. The Morgan fingerprint density at radius 3 is 2.58 bits per heavy atom. The van der Waals surface area contributed by atoms with E-state index in [1.165, 1.54) is 0 Å². The van der Waals surface area contributed by atoms with Gasteiger partial charge in [-0.15, -0.1) is 0 Å². The molecule has 2 rings (SSSR count). The molecule has 3 N–H and O–H groups in total. The first-order valence-corrected chi connectivity index (χ1v) is 8.48. The minimum absolute atomic E-state index is 0.0837. The molecular formula is C18H23N3O5. The zero-order chi connectivity index (χ0) is 19.1. The molecule has 3 amide bonds. The zero-order valence-corrected chi connectivity index (χ0v) is 14.8. The molecule has 0 bridgehead atoms. The van der Waals surface area contributed by atoms with Crippen molar-refractivity contribution >= 4 is 23.7 Å². The Morgan fingerprint density at radius 2 is 1.92 bits per heavy atom. The number of ether oxygens (including phenoxy) is 1. The van der Waals surface area contributed by atoms with Gasteiger partial charge in [-0.3, -0.25) is 14.4 Å². The van der Waals surface area contributed by atoms with E-state index in [1.54, 1.807) is 13.8 Å². The Balaban J connectivity index is 1.90. The van der Waals surface area contributed by atoms with E-state index in [9.17, 15) is 19.2 Å². The van der Waals surface area contributed by atoms with Crippen molar-refractivity contribution in [2.24, 2.45) is 5.92 Å². The Hall–Kier alpha value is -2.90. The van der Waals surface area contributed by atoms with Gasteiger partial charge in [-0.05, 0) is 17.9 Å². The summed E-state index contributed by atoms with van der Waals surface area (Å²) in [4.78, 5) is 47.6. The molecule has 0 spiro atoms. The number of benzene rings is 1. The van der Waals surface area contributed by atoms with Crippen LogP contribution in [0.15, 0.2) is 30.3 Å². The van der Waals surface area contributed by atoms with Gasteiger partial charge in [0.2, 0.25) is 11.7 Å². The number of ketones is 1. The van der Waals surface area contributed by atoms with Gasteiger partial charge in [-0.25, -0.2) is 4.79 Å². The Kier molecular flexibility index (Phi) is 6.71. The zero-order valence-electron chi connectivity index (χ0n) is 14.8. The molecule has 2 unspecified atom stereocenters. The molecule has 8 heteroatoms. The number of piperidine rings is 1. The molecule has 1 fully saturated rings. The maximum absolute atomic E-state index is 12.4.